The Morgan fingerprint density at radius 1 is 1.41 bits per heavy atom. The highest BCUT2D eigenvalue weighted by Crippen LogP contribution is 2.17. The van der Waals surface area contributed by atoms with E-state index in [0.29, 0.717) is 23.7 Å². The van der Waals surface area contributed by atoms with E-state index in [1.54, 1.807) is 18.3 Å². The lowest BCUT2D eigenvalue weighted by Crippen LogP contribution is -2.42. The Morgan fingerprint density at radius 3 is 2.68 bits per heavy atom. The lowest BCUT2D eigenvalue weighted by atomic mass is 10.0. The van der Waals surface area contributed by atoms with E-state index in [1.807, 2.05) is 4.90 Å². The molecule has 0 aliphatic carbocycles. The first-order chi connectivity index (χ1) is 10.5. The fourth-order valence-electron chi connectivity index (χ4n) is 2.62. The third-order valence-electron chi connectivity index (χ3n) is 3.83. The molecule has 0 aromatic carbocycles. The molecule has 2 heterocycles. The van der Waals surface area contributed by atoms with Crippen LogP contribution in [0.3, 0.4) is 0 Å². The van der Waals surface area contributed by atoms with Crippen molar-refractivity contribution in [2.75, 3.05) is 18.4 Å². The molecule has 22 heavy (non-hydrogen) atoms. The SMILES string of the molecule is CC(C)CC(=O)N1CCC(Nc2cc(C(N)=O)ccn2)CC1. The average Bonchev–Trinajstić information content (AvgIpc) is 2.47. The van der Waals surface area contributed by atoms with Gasteiger partial charge in [0.05, 0.1) is 0 Å². The van der Waals surface area contributed by atoms with Crippen LogP contribution in [-0.4, -0.2) is 40.8 Å². The van der Waals surface area contributed by atoms with Crippen molar-refractivity contribution in [2.45, 2.75) is 39.2 Å². The highest BCUT2D eigenvalue weighted by atomic mass is 16.2. The van der Waals surface area contributed by atoms with E-state index in [1.165, 1.54) is 0 Å². The number of piperidine rings is 1. The Labute approximate surface area is 131 Å². The predicted octanol–water partition coefficient (Wildman–Crippen LogP) is 1.63. The van der Waals surface area contributed by atoms with Gasteiger partial charge in [-0.2, -0.15) is 0 Å². The summed E-state index contributed by atoms with van der Waals surface area (Å²) in [5.74, 6) is 0.828. The minimum Gasteiger partial charge on any atom is -0.367 e. The van der Waals surface area contributed by atoms with Crippen LogP contribution in [0.25, 0.3) is 0 Å². The summed E-state index contributed by atoms with van der Waals surface area (Å²) >= 11 is 0. The highest BCUT2D eigenvalue weighted by Gasteiger charge is 2.23. The number of carbonyl (C=O) groups is 2. The molecule has 0 spiro atoms. The maximum Gasteiger partial charge on any atom is 0.248 e. The molecule has 1 aliphatic heterocycles. The number of primary amides is 1. The highest BCUT2D eigenvalue weighted by molar-refractivity contribution is 5.93. The number of hydrogen-bond donors (Lipinski definition) is 2. The van der Waals surface area contributed by atoms with Crippen LogP contribution in [0.15, 0.2) is 18.3 Å². The van der Waals surface area contributed by atoms with E-state index in [9.17, 15) is 9.59 Å². The Bertz CT molecular complexity index is 537. The number of amides is 2. The second-order valence-electron chi connectivity index (χ2n) is 6.19. The van der Waals surface area contributed by atoms with Gasteiger partial charge in [0.25, 0.3) is 0 Å². The van der Waals surface area contributed by atoms with E-state index in [0.717, 1.165) is 25.9 Å². The molecular weight excluding hydrogens is 280 g/mol. The minimum atomic E-state index is -0.459. The molecule has 1 fully saturated rings. The van der Waals surface area contributed by atoms with Crippen molar-refractivity contribution in [1.29, 1.82) is 0 Å². The number of likely N-dealkylation sites (tertiary alicyclic amines) is 1. The molecule has 2 rings (SSSR count). The maximum atomic E-state index is 12.0. The number of rotatable bonds is 5. The molecule has 1 saturated heterocycles. The van der Waals surface area contributed by atoms with Gasteiger partial charge >= 0.3 is 0 Å². The molecule has 2 amide bonds. The van der Waals surface area contributed by atoms with E-state index >= 15 is 0 Å². The Hall–Kier alpha value is -2.11. The zero-order valence-electron chi connectivity index (χ0n) is 13.2. The van der Waals surface area contributed by atoms with E-state index in [-0.39, 0.29) is 11.9 Å². The number of hydrogen-bond acceptors (Lipinski definition) is 4. The van der Waals surface area contributed by atoms with Gasteiger partial charge in [0.2, 0.25) is 11.8 Å². The first kappa shape index (κ1) is 16.3. The first-order valence-corrected chi connectivity index (χ1v) is 7.76. The smallest absolute Gasteiger partial charge is 0.248 e. The largest absolute Gasteiger partial charge is 0.367 e. The zero-order chi connectivity index (χ0) is 16.1. The number of pyridine rings is 1. The third kappa shape index (κ3) is 4.44. The van der Waals surface area contributed by atoms with Gasteiger partial charge in [0.1, 0.15) is 5.82 Å². The zero-order valence-corrected chi connectivity index (χ0v) is 13.2. The summed E-state index contributed by atoms with van der Waals surface area (Å²) in [7, 11) is 0. The quantitative estimate of drug-likeness (QED) is 0.865. The van der Waals surface area contributed by atoms with Crippen molar-refractivity contribution in [2.24, 2.45) is 11.7 Å². The summed E-state index contributed by atoms with van der Waals surface area (Å²) in [4.78, 5) is 29.4. The van der Waals surface area contributed by atoms with E-state index < -0.39 is 5.91 Å². The maximum absolute atomic E-state index is 12.0. The molecule has 1 aromatic heterocycles. The standard InChI is InChI=1S/C16H24N4O2/c1-11(2)9-15(21)20-7-4-13(5-8-20)19-14-10-12(16(17)22)3-6-18-14/h3,6,10-11,13H,4-5,7-9H2,1-2H3,(H2,17,22)(H,18,19). The summed E-state index contributed by atoms with van der Waals surface area (Å²) < 4.78 is 0. The molecule has 0 unspecified atom stereocenters. The van der Waals surface area contributed by atoms with Gasteiger partial charge < -0.3 is 16.0 Å². The normalized spacial score (nSPS) is 15.9. The second-order valence-corrected chi connectivity index (χ2v) is 6.19. The van der Waals surface area contributed by atoms with Crippen molar-refractivity contribution in [3.63, 3.8) is 0 Å². The van der Waals surface area contributed by atoms with Gasteiger partial charge in [-0.15, -0.1) is 0 Å². The summed E-state index contributed by atoms with van der Waals surface area (Å²) in [6.07, 6.45) is 3.95. The molecule has 6 nitrogen and oxygen atoms in total. The van der Waals surface area contributed by atoms with Gasteiger partial charge in [0.15, 0.2) is 0 Å². The molecule has 0 saturated carbocycles. The number of nitrogens with one attached hydrogen (secondary N) is 1. The number of nitrogens with zero attached hydrogens (tertiary/aromatic N) is 2. The average molecular weight is 304 g/mol. The number of aromatic nitrogens is 1. The van der Waals surface area contributed by atoms with Crippen molar-refractivity contribution < 1.29 is 9.59 Å². The van der Waals surface area contributed by atoms with E-state index in [4.69, 9.17) is 5.73 Å². The summed E-state index contributed by atoms with van der Waals surface area (Å²) in [6.45, 7) is 5.64. The van der Waals surface area contributed by atoms with Crippen molar-refractivity contribution in [1.82, 2.24) is 9.88 Å². The Kier molecular flexibility index (Phi) is 5.35. The van der Waals surface area contributed by atoms with Crippen LogP contribution in [0.4, 0.5) is 5.82 Å². The topological polar surface area (TPSA) is 88.3 Å². The second kappa shape index (κ2) is 7.24. The minimum absolute atomic E-state index is 0.238. The number of anilines is 1. The Morgan fingerprint density at radius 2 is 2.09 bits per heavy atom. The molecule has 1 aromatic rings. The molecule has 0 bridgehead atoms. The first-order valence-electron chi connectivity index (χ1n) is 7.76. The molecule has 120 valence electrons. The van der Waals surface area contributed by atoms with Crippen LogP contribution in [0.2, 0.25) is 0 Å². The molecule has 6 heteroatoms. The summed E-state index contributed by atoms with van der Waals surface area (Å²) in [6, 6.07) is 3.53. The lowest BCUT2D eigenvalue weighted by Gasteiger charge is -2.33. The van der Waals surface area contributed by atoms with Crippen LogP contribution < -0.4 is 11.1 Å². The summed E-state index contributed by atoms with van der Waals surface area (Å²) in [5.41, 5.74) is 5.71. The number of carbonyl (C=O) groups excluding carboxylic acids is 2. The molecule has 0 atom stereocenters. The predicted molar refractivity (Wildman–Crippen MR) is 85.4 cm³/mol. The van der Waals surface area contributed by atoms with Crippen LogP contribution in [0.5, 0.6) is 0 Å². The monoisotopic (exact) mass is 304 g/mol. The van der Waals surface area contributed by atoms with E-state index in [2.05, 4.69) is 24.1 Å². The fourth-order valence-corrected chi connectivity index (χ4v) is 2.62. The van der Waals surface area contributed by atoms with Gasteiger partial charge in [-0.25, -0.2) is 4.98 Å². The Balaban J connectivity index is 1.86. The van der Waals surface area contributed by atoms with Gasteiger partial charge in [-0.3, -0.25) is 9.59 Å². The fraction of sp³-hybridized carbons (Fsp3) is 0.562. The van der Waals surface area contributed by atoms with Gasteiger partial charge in [-0.05, 0) is 30.9 Å². The number of nitrogens with two attached hydrogens (primary N) is 1. The van der Waals surface area contributed by atoms with Gasteiger partial charge in [-0.1, -0.05) is 13.8 Å². The molecule has 0 radical (unpaired) electrons. The third-order valence-corrected chi connectivity index (χ3v) is 3.83. The lowest BCUT2D eigenvalue weighted by molar-refractivity contribution is -0.132. The van der Waals surface area contributed by atoms with Crippen LogP contribution in [0, 0.1) is 5.92 Å². The van der Waals surface area contributed by atoms with Crippen LogP contribution >= 0.6 is 0 Å². The van der Waals surface area contributed by atoms with Crippen molar-refractivity contribution in [3.8, 4) is 0 Å². The summed E-state index contributed by atoms with van der Waals surface area (Å²) in [5, 5.41) is 3.32. The van der Waals surface area contributed by atoms with Crippen LogP contribution in [-0.2, 0) is 4.79 Å². The van der Waals surface area contributed by atoms with Crippen LogP contribution in [0.1, 0.15) is 43.5 Å². The molecule has 3 N–H and O–H groups in total. The van der Waals surface area contributed by atoms with Gasteiger partial charge in [0, 0.05) is 37.3 Å². The van der Waals surface area contributed by atoms with Crippen molar-refractivity contribution >= 4 is 17.6 Å². The molecular formula is C16H24N4O2. The molecule has 1 aliphatic rings. The van der Waals surface area contributed by atoms with Crippen molar-refractivity contribution in [3.05, 3.63) is 23.9 Å².